The summed E-state index contributed by atoms with van der Waals surface area (Å²) in [4.78, 5) is 6.88. The van der Waals surface area contributed by atoms with E-state index in [4.69, 9.17) is 4.52 Å². The van der Waals surface area contributed by atoms with Crippen molar-refractivity contribution in [1.82, 2.24) is 20.7 Å². The van der Waals surface area contributed by atoms with Crippen LogP contribution in [-0.4, -0.2) is 49.2 Å². The lowest BCUT2D eigenvalue weighted by molar-refractivity contribution is 0.282. The molecule has 3 rings (SSSR count). The first-order chi connectivity index (χ1) is 13.3. The van der Waals surface area contributed by atoms with Crippen molar-refractivity contribution < 1.29 is 4.52 Å². The van der Waals surface area contributed by atoms with Crippen molar-refractivity contribution in [2.45, 2.75) is 38.6 Å². The quantitative estimate of drug-likeness (QED) is 0.445. The second-order valence-corrected chi connectivity index (χ2v) is 7.01. The first-order valence-electron chi connectivity index (χ1n) is 10.0. The zero-order valence-corrected chi connectivity index (χ0v) is 16.3. The molecule has 27 heavy (non-hydrogen) atoms. The summed E-state index contributed by atoms with van der Waals surface area (Å²) >= 11 is 0. The summed E-state index contributed by atoms with van der Waals surface area (Å²) in [7, 11) is 1.79. The summed E-state index contributed by atoms with van der Waals surface area (Å²) in [5.74, 6) is 1.59. The van der Waals surface area contributed by atoms with Crippen LogP contribution in [0, 0.1) is 0 Å². The van der Waals surface area contributed by atoms with E-state index in [1.54, 1.807) is 7.05 Å². The minimum Gasteiger partial charge on any atom is -0.356 e. The van der Waals surface area contributed by atoms with Crippen molar-refractivity contribution in [2.75, 3.05) is 33.2 Å². The van der Waals surface area contributed by atoms with Crippen LogP contribution in [0.1, 0.15) is 37.8 Å². The molecular formula is C21H31N5O. The smallest absolute Gasteiger partial charge is 0.191 e. The first kappa shape index (κ1) is 19.4. The van der Waals surface area contributed by atoms with Crippen molar-refractivity contribution in [3.8, 4) is 11.3 Å². The molecule has 146 valence electrons. The van der Waals surface area contributed by atoms with Gasteiger partial charge >= 0.3 is 0 Å². The molecule has 2 aromatic rings. The number of guanidine groups is 1. The second-order valence-electron chi connectivity index (χ2n) is 7.01. The van der Waals surface area contributed by atoms with Gasteiger partial charge in [0.2, 0.25) is 0 Å². The molecule has 0 amide bonds. The lowest BCUT2D eigenvalue weighted by atomic mass is 10.2. The Morgan fingerprint density at radius 2 is 1.89 bits per heavy atom. The van der Waals surface area contributed by atoms with Crippen LogP contribution in [0.5, 0.6) is 0 Å². The van der Waals surface area contributed by atoms with Crippen LogP contribution in [-0.2, 0) is 6.54 Å². The van der Waals surface area contributed by atoms with E-state index in [9.17, 15) is 0 Å². The van der Waals surface area contributed by atoms with Crippen molar-refractivity contribution in [3.63, 3.8) is 0 Å². The number of hydrogen-bond acceptors (Lipinski definition) is 4. The molecule has 1 aliphatic rings. The van der Waals surface area contributed by atoms with Gasteiger partial charge in [-0.1, -0.05) is 48.3 Å². The van der Waals surface area contributed by atoms with Gasteiger partial charge < -0.3 is 20.1 Å². The Hall–Kier alpha value is -2.34. The minimum atomic E-state index is 0.585. The Bertz CT molecular complexity index is 690. The summed E-state index contributed by atoms with van der Waals surface area (Å²) < 4.78 is 5.44. The molecule has 1 aromatic carbocycles. The SMILES string of the molecule is CN=C(NCCCN1CCCCCC1)NCc1cc(-c2ccccc2)on1. The van der Waals surface area contributed by atoms with Crippen molar-refractivity contribution >= 4 is 5.96 Å². The number of benzene rings is 1. The van der Waals surface area contributed by atoms with Crippen LogP contribution in [0.4, 0.5) is 0 Å². The molecular weight excluding hydrogens is 338 g/mol. The van der Waals surface area contributed by atoms with Crippen LogP contribution in [0.15, 0.2) is 45.9 Å². The summed E-state index contributed by atoms with van der Waals surface area (Å²) in [6.07, 6.45) is 6.60. The lowest BCUT2D eigenvalue weighted by Crippen LogP contribution is -2.38. The number of rotatable bonds is 7. The van der Waals surface area contributed by atoms with Gasteiger partial charge in [0.15, 0.2) is 11.7 Å². The van der Waals surface area contributed by atoms with Crippen LogP contribution in [0.25, 0.3) is 11.3 Å². The van der Waals surface area contributed by atoms with Crippen LogP contribution < -0.4 is 10.6 Å². The van der Waals surface area contributed by atoms with Gasteiger partial charge in [-0.05, 0) is 38.9 Å². The third-order valence-corrected chi connectivity index (χ3v) is 4.92. The van der Waals surface area contributed by atoms with Gasteiger partial charge in [-0.2, -0.15) is 0 Å². The third-order valence-electron chi connectivity index (χ3n) is 4.92. The standard InChI is InChI=1S/C21H31N5O/c1-22-21(23-12-9-15-26-13-7-2-3-8-14-26)24-17-19-16-20(27-25-19)18-10-5-4-6-11-18/h4-6,10-11,16H,2-3,7-9,12-15,17H2,1H3,(H2,22,23,24). The second kappa shape index (κ2) is 10.7. The molecule has 0 saturated carbocycles. The average molecular weight is 370 g/mol. The molecule has 2 heterocycles. The molecule has 1 fully saturated rings. The summed E-state index contributed by atoms with van der Waals surface area (Å²) in [6.45, 7) is 5.17. The zero-order valence-electron chi connectivity index (χ0n) is 16.3. The van der Waals surface area contributed by atoms with Gasteiger partial charge in [-0.25, -0.2) is 0 Å². The van der Waals surface area contributed by atoms with Crippen molar-refractivity contribution in [2.24, 2.45) is 4.99 Å². The zero-order chi connectivity index (χ0) is 18.7. The molecule has 0 atom stereocenters. The Balaban J connectivity index is 1.37. The number of hydrogen-bond donors (Lipinski definition) is 2. The molecule has 1 saturated heterocycles. The maximum Gasteiger partial charge on any atom is 0.191 e. The fraction of sp³-hybridized carbons (Fsp3) is 0.524. The molecule has 0 bridgehead atoms. The highest BCUT2D eigenvalue weighted by Crippen LogP contribution is 2.19. The molecule has 0 aliphatic carbocycles. The maximum atomic E-state index is 5.44. The van der Waals surface area contributed by atoms with E-state index in [-0.39, 0.29) is 0 Å². The van der Waals surface area contributed by atoms with Gasteiger partial charge in [-0.3, -0.25) is 4.99 Å². The summed E-state index contributed by atoms with van der Waals surface area (Å²) in [6, 6.07) is 12.0. The summed E-state index contributed by atoms with van der Waals surface area (Å²) in [5, 5.41) is 10.8. The van der Waals surface area contributed by atoms with E-state index >= 15 is 0 Å². The highest BCUT2D eigenvalue weighted by Gasteiger charge is 2.09. The highest BCUT2D eigenvalue weighted by molar-refractivity contribution is 5.79. The fourth-order valence-electron chi connectivity index (χ4n) is 3.40. The molecule has 0 radical (unpaired) electrons. The van der Waals surface area contributed by atoms with Gasteiger partial charge in [0, 0.05) is 25.2 Å². The third kappa shape index (κ3) is 6.40. The van der Waals surface area contributed by atoms with Gasteiger partial charge in [0.05, 0.1) is 6.54 Å². The summed E-state index contributed by atoms with van der Waals surface area (Å²) in [5.41, 5.74) is 1.90. The van der Waals surface area contributed by atoms with Crippen LogP contribution in [0.2, 0.25) is 0 Å². The highest BCUT2D eigenvalue weighted by atomic mass is 16.5. The maximum absolute atomic E-state index is 5.44. The van der Waals surface area contributed by atoms with E-state index in [0.717, 1.165) is 42.5 Å². The minimum absolute atomic E-state index is 0.585. The van der Waals surface area contributed by atoms with Crippen molar-refractivity contribution in [3.05, 3.63) is 42.1 Å². The van der Waals surface area contributed by atoms with E-state index in [0.29, 0.717) is 6.54 Å². The Morgan fingerprint density at radius 3 is 2.63 bits per heavy atom. The molecule has 2 N–H and O–H groups in total. The Labute approximate surface area is 162 Å². The molecule has 0 unspecified atom stereocenters. The van der Waals surface area contributed by atoms with Gasteiger partial charge in [0.25, 0.3) is 0 Å². The lowest BCUT2D eigenvalue weighted by Gasteiger charge is -2.20. The monoisotopic (exact) mass is 369 g/mol. The molecule has 1 aromatic heterocycles. The largest absolute Gasteiger partial charge is 0.356 e. The van der Waals surface area contributed by atoms with E-state index in [1.807, 2.05) is 36.4 Å². The topological polar surface area (TPSA) is 65.7 Å². The van der Waals surface area contributed by atoms with E-state index < -0.39 is 0 Å². The van der Waals surface area contributed by atoms with Crippen molar-refractivity contribution in [1.29, 1.82) is 0 Å². The predicted molar refractivity (Wildman–Crippen MR) is 110 cm³/mol. The van der Waals surface area contributed by atoms with Crippen LogP contribution >= 0.6 is 0 Å². The molecule has 1 aliphatic heterocycles. The van der Waals surface area contributed by atoms with E-state index in [2.05, 4.69) is 25.7 Å². The van der Waals surface area contributed by atoms with Gasteiger partial charge in [0.1, 0.15) is 5.69 Å². The normalized spacial score (nSPS) is 16.1. The Kier molecular flexibility index (Phi) is 7.71. The number of nitrogens with one attached hydrogen (secondary N) is 2. The number of nitrogens with zero attached hydrogens (tertiary/aromatic N) is 3. The number of aromatic nitrogens is 1. The molecule has 6 heteroatoms. The van der Waals surface area contributed by atoms with Crippen LogP contribution in [0.3, 0.4) is 0 Å². The number of likely N-dealkylation sites (tertiary alicyclic amines) is 1. The van der Waals surface area contributed by atoms with E-state index in [1.165, 1.54) is 38.8 Å². The molecule has 6 nitrogen and oxygen atoms in total. The average Bonchev–Trinajstić information content (AvgIpc) is 3.04. The van der Waals surface area contributed by atoms with Gasteiger partial charge in [-0.15, -0.1) is 0 Å². The fourth-order valence-corrected chi connectivity index (χ4v) is 3.40. The first-order valence-corrected chi connectivity index (χ1v) is 10.0. The number of aliphatic imine (C=N–C) groups is 1. The Morgan fingerprint density at radius 1 is 1.11 bits per heavy atom. The predicted octanol–water partition coefficient (Wildman–Crippen LogP) is 3.27. The molecule has 0 spiro atoms.